The van der Waals surface area contributed by atoms with Crippen molar-refractivity contribution in [2.45, 2.75) is 45.6 Å². The minimum absolute atomic E-state index is 0.129. The summed E-state index contributed by atoms with van der Waals surface area (Å²) in [4.78, 5) is 37.9. The molecule has 1 aliphatic rings. The number of carbonyl (C=O) groups is 3. The maximum absolute atomic E-state index is 12.7. The standard InChI is InChI=1S/C20H26O6/c1-5-25-18(22)16-14(21)11-20(4,24)17(19(23)26-6-2)15(16)13-9-7-12(3)8-10-13/h7-10,15-17,24H,5-6,11H2,1-4H3/t15-,16-,17-,20-/m1/s1. The highest BCUT2D eigenvalue weighted by Gasteiger charge is 2.57. The molecule has 0 radical (unpaired) electrons. The SMILES string of the molecule is CCOC(=O)[C@@H]1C(=O)C[C@@](C)(O)[C@@H](C(=O)OCC)[C@@H]1c1ccc(C)cc1. The van der Waals surface area contributed by atoms with Crippen LogP contribution < -0.4 is 0 Å². The Morgan fingerprint density at radius 1 is 1.12 bits per heavy atom. The molecule has 0 spiro atoms. The van der Waals surface area contributed by atoms with E-state index in [-0.39, 0.29) is 19.6 Å². The predicted molar refractivity (Wildman–Crippen MR) is 94.4 cm³/mol. The van der Waals surface area contributed by atoms with Crippen LogP contribution in [0.2, 0.25) is 0 Å². The van der Waals surface area contributed by atoms with Crippen molar-refractivity contribution in [3.05, 3.63) is 35.4 Å². The van der Waals surface area contributed by atoms with Gasteiger partial charge in [-0.1, -0.05) is 29.8 Å². The smallest absolute Gasteiger partial charge is 0.317 e. The van der Waals surface area contributed by atoms with Gasteiger partial charge in [0.25, 0.3) is 0 Å². The summed E-state index contributed by atoms with van der Waals surface area (Å²) in [6.07, 6.45) is -0.303. The Bertz CT molecular complexity index is 676. The molecule has 26 heavy (non-hydrogen) atoms. The summed E-state index contributed by atoms with van der Waals surface area (Å²) < 4.78 is 10.2. The molecule has 0 aliphatic heterocycles. The Hall–Kier alpha value is -2.21. The average Bonchev–Trinajstić information content (AvgIpc) is 2.54. The van der Waals surface area contributed by atoms with Crippen molar-refractivity contribution in [1.82, 2.24) is 0 Å². The van der Waals surface area contributed by atoms with Crippen molar-refractivity contribution >= 4 is 17.7 Å². The highest BCUT2D eigenvalue weighted by atomic mass is 16.5. The van der Waals surface area contributed by atoms with Gasteiger partial charge in [0.1, 0.15) is 5.92 Å². The fourth-order valence-corrected chi connectivity index (χ4v) is 3.67. The second-order valence-electron chi connectivity index (χ2n) is 6.90. The van der Waals surface area contributed by atoms with Gasteiger partial charge in [0, 0.05) is 12.3 Å². The molecule has 6 heteroatoms. The molecule has 1 saturated carbocycles. The van der Waals surface area contributed by atoms with Crippen LogP contribution in [0.25, 0.3) is 0 Å². The first-order chi connectivity index (χ1) is 12.2. The van der Waals surface area contributed by atoms with E-state index in [1.807, 2.05) is 19.1 Å². The molecule has 0 amide bonds. The van der Waals surface area contributed by atoms with E-state index in [1.54, 1.807) is 26.0 Å². The van der Waals surface area contributed by atoms with Crippen LogP contribution in [0.3, 0.4) is 0 Å². The summed E-state index contributed by atoms with van der Waals surface area (Å²) >= 11 is 0. The molecule has 1 aromatic carbocycles. The Kier molecular flexibility index (Phi) is 6.18. The fraction of sp³-hybridized carbons (Fsp3) is 0.550. The van der Waals surface area contributed by atoms with Gasteiger partial charge in [-0.15, -0.1) is 0 Å². The molecule has 142 valence electrons. The van der Waals surface area contributed by atoms with E-state index in [2.05, 4.69) is 0 Å². The van der Waals surface area contributed by atoms with E-state index in [4.69, 9.17) is 9.47 Å². The van der Waals surface area contributed by atoms with Crippen LogP contribution in [0.1, 0.15) is 44.2 Å². The largest absolute Gasteiger partial charge is 0.466 e. The third-order valence-corrected chi connectivity index (χ3v) is 4.81. The van der Waals surface area contributed by atoms with Gasteiger partial charge in [-0.2, -0.15) is 0 Å². The van der Waals surface area contributed by atoms with Crippen molar-refractivity contribution in [2.75, 3.05) is 13.2 Å². The monoisotopic (exact) mass is 362 g/mol. The van der Waals surface area contributed by atoms with Gasteiger partial charge in [0.15, 0.2) is 5.78 Å². The molecular formula is C20H26O6. The third-order valence-electron chi connectivity index (χ3n) is 4.81. The highest BCUT2D eigenvalue weighted by molar-refractivity contribution is 6.02. The number of hydrogen-bond donors (Lipinski definition) is 1. The Morgan fingerprint density at radius 2 is 1.65 bits per heavy atom. The lowest BCUT2D eigenvalue weighted by atomic mass is 9.61. The second-order valence-corrected chi connectivity index (χ2v) is 6.90. The van der Waals surface area contributed by atoms with E-state index in [0.29, 0.717) is 5.56 Å². The van der Waals surface area contributed by atoms with Crippen LogP contribution in [0, 0.1) is 18.8 Å². The van der Waals surface area contributed by atoms with E-state index in [1.165, 1.54) is 6.92 Å². The Balaban J connectivity index is 2.59. The summed E-state index contributed by atoms with van der Waals surface area (Å²) in [7, 11) is 0. The van der Waals surface area contributed by atoms with E-state index in [0.717, 1.165) is 5.56 Å². The van der Waals surface area contributed by atoms with Crippen LogP contribution in [0.4, 0.5) is 0 Å². The van der Waals surface area contributed by atoms with Crippen molar-refractivity contribution in [3.8, 4) is 0 Å². The zero-order valence-corrected chi connectivity index (χ0v) is 15.7. The lowest BCUT2D eigenvalue weighted by Gasteiger charge is -2.43. The maximum Gasteiger partial charge on any atom is 0.317 e. The summed E-state index contributed by atoms with van der Waals surface area (Å²) in [5.74, 6) is -4.76. The maximum atomic E-state index is 12.7. The average molecular weight is 362 g/mol. The van der Waals surface area contributed by atoms with Crippen molar-refractivity contribution in [2.24, 2.45) is 11.8 Å². The Labute approximate surface area is 153 Å². The van der Waals surface area contributed by atoms with Gasteiger partial charge in [-0.25, -0.2) is 0 Å². The zero-order chi connectivity index (χ0) is 19.5. The number of ketones is 1. The summed E-state index contributed by atoms with van der Waals surface area (Å²) in [6, 6.07) is 7.22. The number of esters is 2. The molecule has 0 heterocycles. The first-order valence-corrected chi connectivity index (χ1v) is 8.87. The van der Waals surface area contributed by atoms with Gasteiger partial charge >= 0.3 is 11.9 Å². The number of aryl methyl sites for hydroxylation is 1. The van der Waals surface area contributed by atoms with Gasteiger partial charge in [-0.05, 0) is 33.3 Å². The minimum Gasteiger partial charge on any atom is -0.466 e. The van der Waals surface area contributed by atoms with Crippen LogP contribution in [-0.4, -0.2) is 41.6 Å². The Morgan fingerprint density at radius 3 is 2.19 bits per heavy atom. The third kappa shape index (κ3) is 3.96. The molecule has 2 rings (SSSR count). The normalized spacial score (nSPS) is 28.5. The van der Waals surface area contributed by atoms with Crippen molar-refractivity contribution in [1.29, 1.82) is 0 Å². The molecule has 1 aromatic rings. The van der Waals surface area contributed by atoms with Gasteiger partial charge in [0.2, 0.25) is 0 Å². The number of benzene rings is 1. The lowest BCUT2D eigenvalue weighted by Crippen LogP contribution is -2.55. The van der Waals surface area contributed by atoms with Gasteiger partial charge in [-0.3, -0.25) is 14.4 Å². The quantitative estimate of drug-likeness (QED) is 0.638. The minimum atomic E-state index is -1.61. The zero-order valence-electron chi connectivity index (χ0n) is 15.7. The lowest BCUT2D eigenvalue weighted by molar-refractivity contribution is -0.172. The molecule has 1 N–H and O–H groups in total. The first-order valence-electron chi connectivity index (χ1n) is 8.87. The number of rotatable bonds is 5. The van der Waals surface area contributed by atoms with Gasteiger partial charge in [0.05, 0.1) is 24.7 Å². The molecular weight excluding hydrogens is 336 g/mol. The number of carbonyl (C=O) groups excluding carboxylic acids is 3. The van der Waals surface area contributed by atoms with Crippen LogP contribution in [0.15, 0.2) is 24.3 Å². The molecule has 4 atom stereocenters. The van der Waals surface area contributed by atoms with Crippen LogP contribution in [0.5, 0.6) is 0 Å². The van der Waals surface area contributed by atoms with E-state index >= 15 is 0 Å². The molecule has 0 saturated heterocycles. The number of Topliss-reactive ketones (excluding diaryl/α,β-unsaturated/α-hetero) is 1. The van der Waals surface area contributed by atoms with E-state index < -0.39 is 41.1 Å². The van der Waals surface area contributed by atoms with Crippen LogP contribution >= 0.6 is 0 Å². The predicted octanol–water partition coefficient (Wildman–Crippen LogP) is 2.16. The summed E-state index contributed by atoms with van der Waals surface area (Å²) in [5.41, 5.74) is 0.0186. The molecule has 0 aromatic heterocycles. The second kappa shape index (κ2) is 7.99. The summed E-state index contributed by atoms with van der Waals surface area (Å²) in [5, 5.41) is 10.8. The molecule has 6 nitrogen and oxygen atoms in total. The molecule has 0 bridgehead atoms. The van der Waals surface area contributed by atoms with Crippen molar-refractivity contribution < 1.29 is 29.0 Å². The fourth-order valence-electron chi connectivity index (χ4n) is 3.67. The molecule has 1 fully saturated rings. The number of hydrogen-bond acceptors (Lipinski definition) is 6. The van der Waals surface area contributed by atoms with Crippen LogP contribution in [-0.2, 0) is 23.9 Å². The number of ether oxygens (including phenoxy) is 2. The molecule has 1 aliphatic carbocycles. The highest BCUT2D eigenvalue weighted by Crippen LogP contribution is 2.46. The number of aliphatic hydroxyl groups is 1. The topological polar surface area (TPSA) is 89.9 Å². The van der Waals surface area contributed by atoms with E-state index in [9.17, 15) is 19.5 Å². The van der Waals surface area contributed by atoms with Crippen molar-refractivity contribution in [3.63, 3.8) is 0 Å². The van der Waals surface area contributed by atoms with Gasteiger partial charge < -0.3 is 14.6 Å². The summed E-state index contributed by atoms with van der Waals surface area (Å²) in [6.45, 7) is 6.95. The first kappa shape index (κ1) is 20.1. The molecule has 0 unspecified atom stereocenters.